The van der Waals surface area contributed by atoms with Crippen molar-refractivity contribution in [3.05, 3.63) is 81.8 Å². The summed E-state index contributed by atoms with van der Waals surface area (Å²) in [5.41, 5.74) is 1.69. The molecule has 5 rings (SSSR count). The number of nitrogens with two attached hydrogens (primary N) is 1. The highest BCUT2D eigenvalue weighted by molar-refractivity contribution is 6.25. The van der Waals surface area contributed by atoms with E-state index in [2.05, 4.69) is 5.32 Å². The topological polar surface area (TPSA) is 214 Å². The Morgan fingerprint density at radius 3 is 2.22 bits per heavy atom. The number of carbonyl (C=O) groups is 4. The predicted molar refractivity (Wildman–Crippen MR) is 166 cm³/mol. The molecule has 3 aliphatic carbocycles. The number of rotatable bonds is 7. The molecule has 46 heavy (non-hydrogen) atoms. The van der Waals surface area contributed by atoms with Crippen LogP contribution in [0.25, 0.3) is 0 Å². The molecule has 2 amide bonds. The van der Waals surface area contributed by atoms with Gasteiger partial charge < -0.3 is 36.6 Å². The second-order valence-electron chi connectivity index (χ2n) is 12.6. The number of nitrogens with zero attached hydrogens (tertiary/aromatic N) is 2. The minimum Gasteiger partial charge on any atom is -0.510 e. The maximum absolute atomic E-state index is 14.1. The van der Waals surface area contributed by atoms with Gasteiger partial charge in [0.05, 0.1) is 35.4 Å². The van der Waals surface area contributed by atoms with Gasteiger partial charge in [-0.1, -0.05) is 43.3 Å². The van der Waals surface area contributed by atoms with Gasteiger partial charge in [0.2, 0.25) is 11.7 Å². The van der Waals surface area contributed by atoms with Crippen molar-refractivity contribution in [3.63, 3.8) is 0 Å². The zero-order chi connectivity index (χ0) is 34.0. The number of aliphatic hydroxyl groups excluding tert-OH is 3. The third-order valence-electron chi connectivity index (χ3n) is 9.59. The lowest BCUT2D eigenvalue weighted by Gasteiger charge is -2.53. The Bertz CT molecular complexity index is 1700. The minimum absolute atomic E-state index is 0.0824. The molecule has 244 valence electrons. The van der Waals surface area contributed by atoms with Crippen LogP contribution in [0.5, 0.6) is 5.75 Å². The summed E-state index contributed by atoms with van der Waals surface area (Å²) in [6.45, 7) is 1.64. The normalized spacial score (nSPS) is 28.2. The van der Waals surface area contributed by atoms with Crippen LogP contribution in [0.15, 0.2) is 65.1 Å². The first-order valence-electron chi connectivity index (χ1n) is 14.8. The van der Waals surface area contributed by atoms with Crippen molar-refractivity contribution in [3.8, 4) is 5.75 Å². The standard InChI is InChI=1S/C33H38N4O9/c1-14-16-11-12-17(35-32(45)18(36(2)3)13-15-9-7-6-8-10-15)25(38)20(16)26(39)21-19(14)27(40)23-24(37(4)5)28(41)22(31(34)44)30(43)33(23,46)29(21)42/h6-12,14,18-19,23-24,27,38,40-42,46H,13H2,1-5H3,(H2,34,44)(H,35,45)/t14?,18-,19?,23?,24-,27?,33?/m0/s1. The van der Waals surface area contributed by atoms with Gasteiger partial charge in [0, 0.05) is 11.5 Å². The lowest BCUT2D eigenvalue weighted by atomic mass is 9.55. The number of phenols is 1. The molecule has 5 unspecified atom stereocenters. The van der Waals surface area contributed by atoms with Crippen LogP contribution >= 0.6 is 0 Å². The number of hydrogen-bond acceptors (Lipinski definition) is 11. The number of amides is 2. The SMILES string of the molecule is CC1c2ccc(NC(=O)[C@H](Cc3ccccc3)N(C)C)c(O)c2C(=O)C2=C(O)C3(O)C(=O)C(C(N)=O)=C(O)[C@@H](N(C)C)C3C(O)C21. The summed E-state index contributed by atoms with van der Waals surface area (Å²) >= 11 is 0. The van der Waals surface area contributed by atoms with E-state index in [0.717, 1.165) is 5.56 Å². The van der Waals surface area contributed by atoms with Crippen LogP contribution in [0.3, 0.4) is 0 Å². The number of Topliss-reactive ketones (excluding diaryl/α,β-unsaturated/α-hetero) is 2. The number of primary amides is 1. The molecule has 13 heteroatoms. The lowest BCUT2D eigenvalue weighted by molar-refractivity contribution is -0.162. The largest absolute Gasteiger partial charge is 0.510 e. The van der Waals surface area contributed by atoms with Crippen LogP contribution in [0.4, 0.5) is 5.69 Å². The van der Waals surface area contributed by atoms with Crippen molar-refractivity contribution in [1.82, 2.24) is 9.80 Å². The molecule has 8 N–H and O–H groups in total. The molecule has 7 atom stereocenters. The third kappa shape index (κ3) is 4.78. The van der Waals surface area contributed by atoms with Gasteiger partial charge in [-0.25, -0.2) is 0 Å². The van der Waals surface area contributed by atoms with Crippen LogP contribution < -0.4 is 11.1 Å². The maximum atomic E-state index is 14.1. The van der Waals surface area contributed by atoms with Gasteiger partial charge in [-0.3, -0.25) is 29.0 Å². The van der Waals surface area contributed by atoms with E-state index < -0.39 is 93.3 Å². The number of ketones is 2. The van der Waals surface area contributed by atoms with E-state index in [-0.39, 0.29) is 11.3 Å². The van der Waals surface area contributed by atoms with Crippen molar-refractivity contribution in [2.45, 2.75) is 43.1 Å². The molecule has 0 heterocycles. The average Bonchev–Trinajstić information content (AvgIpc) is 2.98. The van der Waals surface area contributed by atoms with E-state index in [1.54, 1.807) is 25.9 Å². The van der Waals surface area contributed by atoms with Gasteiger partial charge in [0.1, 0.15) is 17.1 Å². The highest BCUT2D eigenvalue weighted by Gasteiger charge is 2.67. The Hall–Kier alpha value is -4.56. The van der Waals surface area contributed by atoms with Crippen LogP contribution in [0.1, 0.15) is 34.3 Å². The Kier molecular flexibility index (Phi) is 8.32. The molecule has 0 saturated heterocycles. The Morgan fingerprint density at radius 2 is 1.65 bits per heavy atom. The van der Waals surface area contributed by atoms with Crippen molar-refractivity contribution in [2.75, 3.05) is 33.5 Å². The van der Waals surface area contributed by atoms with Gasteiger partial charge in [0.25, 0.3) is 5.91 Å². The Balaban J connectivity index is 1.60. The first-order valence-corrected chi connectivity index (χ1v) is 14.8. The third-order valence-corrected chi connectivity index (χ3v) is 9.59. The molecule has 0 saturated carbocycles. The number of nitrogens with one attached hydrogen (secondary N) is 1. The summed E-state index contributed by atoms with van der Waals surface area (Å²) in [7, 11) is 6.41. The van der Waals surface area contributed by atoms with E-state index in [0.29, 0.717) is 12.0 Å². The molecule has 2 aromatic rings. The predicted octanol–water partition coefficient (Wildman–Crippen LogP) is 0.764. The summed E-state index contributed by atoms with van der Waals surface area (Å²) in [6.07, 6.45) is -1.34. The van der Waals surface area contributed by atoms with Crippen molar-refractivity contribution in [1.29, 1.82) is 0 Å². The summed E-state index contributed by atoms with van der Waals surface area (Å²) in [5, 5.41) is 60.2. The van der Waals surface area contributed by atoms with E-state index in [1.165, 1.54) is 31.1 Å². The fourth-order valence-corrected chi connectivity index (χ4v) is 7.29. The highest BCUT2D eigenvalue weighted by atomic mass is 16.4. The summed E-state index contributed by atoms with van der Waals surface area (Å²) in [5.74, 6) is -10.3. The van der Waals surface area contributed by atoms with E-state index in [1.807, 2.05) is 30.3 Å². The van der Waals surface area contributed by atoms with Crippen LogP contribution in [-0.2, 0) is 20.8 Å². The number of anilines is 1. The van der Waals surface area contributed by atoms with Crippen molar-refractivity contribution in [2.24, 2.45) is 17.6 Å². The molecule has 13 nitrogen and oxygen atoms in total. The van der Waals surface area contributed by atoms with Gasteiger partial charge >= 0.3 is 0 Å². The van der Waals surface area contributed by atoms with E-state index in [4.69, 9.17) is 5.73 Å². The summed E-state index contributed by atoms with van der Waals surface area (Å²) < 4.78 is 0. The van der Waals surface area contributed by atoms with Crippen molar-refractivity contribution < 1.29 is 44.7 Å². The summed E-state index contributed by atoms with van der Waals surface area (Å²) in [4.78, 5) is 56.4. The minimum atomic E-state index is -3.01. The quantitative estimate of drug-likeness (QED) is 0.167. The number of carbonyl (C=O) groups excluding carboxylic acids is 4. The fraction of sp³-hybridized carbons (Fsp3) is 0.394. The number of aromatic hydroxyl groups is 1. The van der Waals surface area contributed by atoms with Crippen molar-refractivity contribution >= 4 is 29.1 Å². The molecule has 0 fully saturated rings. The number of aliphatic hydroxyl groups is 4. The van der Waals surface area contributed by atoms with E-state index in [9.17, 15) is 44.7 Å². The average molecular weight is 635 g/mol. The Morgan fingerprint density at radius 1 is 1.02 bits per heavy atom. The number of fused-ring (bicyclic) bond motifs is 3. The molecule has 0 spiro atoms. The van der Waals surface area contributed by atoms with E-state index >= 15 is 0 Å². The molecule has 0 aromatic heterocycles. The number of hydrogen-bond donors (Lipinski definition) is 7. The van der Waals surface area contributed by atoms with Gasteiger partial charge in [-0.05, 0) is 57.7 Å². The first-order chi connectivity index (χ1) is 21.5. The van der Waals surface area contributed by atoms with Gasteiger partial charge in [-0.2, -0.15) is 0 Å². The maximum Gasteiger partial charge on any atom is 0.255 e. The van der Waals surface area contributed by atoms with Gasteiger partial charge in [0.15, 0.2) is 17.1 Å². The first kappa shape index (κ1) is 32.8. The Labute approximate surface area is 265 Å². The summed E-state index contributed by atoms with van der Waals surface area (Å²) in [6, 6.07) is 10.3. The number of phenolic OH excluding ortho intramolecular Hbond substituents is 1. The molecular weight excluding hydrogens is 596 g/mol. The highest BCUT2D eigenvalue weighted by Crippen LogP contribution is 2.56. The zero-order valence-corrected chi connectivity index (χ0v) is 26.1. The number of benzene rings is 2. The molecular formula is C33H38N4O9. The van der Waals surface area contributed by atoms with Crippen LogP contribution in [0, 0.1) is 11.8 Å². The molecule has 0 bridgehead atoms. The second kappa shape index (κ2) is 11.7. The van der Waals surface area contributed by atoms with Crippen LogP contribution in [-0.4, -0.2) is 111 Å². The number of likely N-dealkylation sites (N-methyl/N-ethyl adjacent to an activating group) is 2. The van der Waals surface area contributed by atoms with Crippen LogP contribution in [0.2, 0.25) is 0 Å². The second-order valence-corrected chi connectivity index (χ2v) is 12.6. The lowest BCUT2D eigenvalue weighted by Crippen LogP contribution is -2.68. The molecule has 0 radical (unpaired) electrons. The monoisotopic (exact) mass is 634 g/mol. The van der Waals surface area contributed by atoms with Gasteiger partial charge in [-0.15, -0.1) is 0 Å². The zero-order valence-electron chi connectivity index (χ0n) is 26.1. The molecule has 3 aliphatic rings. The molecule has 2 aromatic carbocycles. The smallest absolute Gasteiger partial charge is 0.255 e. The fourth-order valence-electron chi connectivity index (χ4n) is 7.29. The molecule has 0 aliphatic heterocycles.